The number of nitrogens with one attached hydrogen (secondary N) is 1. The fraction of sp³-hybridized carbons (Fsp3) is 0.550. The van der Waals surface area contributed by atoms with Gasteiger partial charge in [0.05, 0.1) is 13.1 Å². The molecule has 3 aliphatic rings. The second-order valence-electron chi connectivity index (χ2n) is 8.01. The first-order valence-corrected chi connectivity index (χ1v) is 9.78. The lowest BCUT2D eigenvalue weighted by Crippen LogP contribution is -2.53. The Morgan fingerprint density at radius 3 is 2.68 bits per heavy atom. The van der Waals surface area contributed by atoms with Crippen LogP contribution in [-0.4, -0.2) is 66.7 Å². The van der Waals surface area contributed by atoms with E-state index in [0.29, 0.717) is 38.3 Å². The Morgan fingerprint density at radius 1 is 1.18 bits per heavy atom. The summed E-state index contributed by atoms with van der Waals surface area (Å²) in [6.07, 6.45) is 2.65. The SMILES string of the molecule is Cc1ccc(NC(=O)N2CCC[C@@]3(CN(C)C(=O)O3)C2)cc1N1CCCC1=O. The van der Waals surface area contributed by atoms with Crippen LogP contribution in [0, 0.1) is 6.92 Å². The molecule has 0 unspecified atom stereocenters. The van der Waals surface area contributed by atoms with E-state index in [1.54, 1.807) is 21.7 Å². The standard InChI is InChI=1S/C20H26N4O4/c1-14-6-7-15(11-16(14)24-10-3-5-17(24)25)21-18(26)23-9-4-8-20(13-23)12-22(2)19(27)28-20/h6-7,11H,3-5,8-10,12-13H2,1-2H3,(H,21,26)/t20-/m1/s1. The fourth-order valence-corrected chi connectivity index (χ4v) is 4.36. The normalized spacial score (nSPS) is 24.9. The first-order valence-electron chi connectivity index (χ1n) is 9.78. The zero-order valence-electron chi connectivity index (χ0n) is 16.4. The van der Waals surface area contributed by atoms with Crippen molar-refractivity contribution in [2.24, 2.45) is 0 Å². The molecule has 3 saturated heterocycles. The second kappa shape index (κ2) is 7.00. The van der Waals surface area contributed by atoms with Gasteiger partial charge in [-0.05, 0) is 43.9 Å². The number of likely N-dealkylation sites (tertiary alicyclic amines) is 1. The predicted molar refractivity (Wildman–Crippen MR) is 104 cm³/mol. The van der Waals surface area contributed by atoms with Crippen molar-refractivity contribution in [1.29, 1.82) is 0 Å². The number of likely N-dealkylation sites (N-methyl/N-ethyl adjacent to an activating group) is 1. The lowest BCUT2D eigenvalue weighted by atomic mass is 9.93. The summed E-state index contributed by atoms with van der Waals surface area (Å²) in [5, 5.41) is 2.94. The number of rotatable bonds is 2. The van der Waals surface area contributed by atoms with Crippen LogP contribution in [0.1, 0.15) is 31.2 Å². The number of piperidine rings is 1. The zero-order chi connectivity index (χ0) is 19.9. The van der Waals surface area contributed by atoms with Gasteiger partial charge in [-0.1, -0.05) is 6.07 Å². The van der Waals surface area contributed by atoms with E-state index in [1.807, 2.05) is 25.1 Å². The molecule has 0 radical (unpaired) electrons. The number of hydrogen-bond donors (Lipinski definition) is 1. The molecule has 1 aromatic carbocycles. The number of benzene rings is 1. The summed E-state index contributed by atoms with van der Waals surface area (Å²) >= 11 is 0. The lowest BCUT2D eigenvalue weighted by Gasteiger charge is -2.38. The molecule has 8 heteroatoms. The summed E-state index contributed by atoms with van der Waals surface area (Å²) in [4.78, 5) is 41.8. The van der Waals surface area contributed by atoms with E-state index in [1.165, 1.54) is 0 Å². The summed E-state index contributed by atoms with van der Waals surface area (Å²) in [6.45, 7) is 4.19. The highest BCUT2D eigenvalue weighted by Crippen LogP contribution is 2.32. The highest BCUT2D eigenvalue weighted by molar-refractivity contribution is 5.97. The number of hydrogen-bond acceptors (Lipinski definition) is 4. The molecule has 3 heterocycles. The van der Waals surface area contributed by atoms with Crippen LogP contribution in [0.15, 0.2) is 18.2 Å². The molecule has 8 nitrogen and oxygen atoms in total. The van der Waals surface area contributed by atoms with Crippen LogP contribution in [0.2, 0.25) is 0 Å². The molecule has 28 heavy (non-hydrogen) atoms. The maximum atomic E-state index is 12.8. The quantitative estimate of drug-likeness (QED) is 0.847. The molecule has 4 rings (SSSR count). The highest BCUT2D eigenvalue weighted by Gasteiger charge is 2.47. The molecule has 0 saturated carbocycles. The Morgan fingerprint density at radius 2 is 2.00 bits per heavy atom. The van der Waals surface area contributed by atoms with Crippen LogP contribution in [0.4, 0.5) is 21.0 Å². The van der Waals surface area contributed by atoms with Crippen LogP contribution >= 0.6 is 0 Å². The van der Waals surface area contributed by atoms with Gasteiger partial charge in [0.15, 0.2) is 0 Å². The monoisotopic (exact) mass is 386 g/mol. The van der Waals surface area contributed by atoms with Crippen molar-refractivity contribution < 1.29 is 19.1 Å². The Balaban J connectivity index is 1.46. The van der Waals surface area contributed by atoms with Gasteiger partial charge in [-0.15, -0.1) is 0 Å². The molecular weight excluding hydrogens is 360 g/mol. The van der Waals surface area contributed by atoms with E-state index in [9.17, 15) is 14.4 Å². The van der Waals surface area contributed by atoms with E-state index < -0.39 is 5.60 Å². The van der Waals surface area contributed by atoms with Crippen molar-refractivity contribution >= 4 is 29.4 Å². The summed E-state index contributed by atoms with van der Waals surface area (Å²) in [6, 6.07) is 5.41. The van der Waals surface area contributed by atoms with E-state index in [2.05, 4.69) is 5.32 Å². The smallest absolute Gasteiger partial charge is 0.410 e. The van der Waals surface area contributed by atoms with Crippen LogP contribution in [-0.2, 0) is 9.53 Å². The molecular formula is C20H26N4O4. The van der Waals surface area contributed by atoms with Crippen LogP contribution in [0.5, 0.6) is 0 Å². The van der Waals surface area contributed by atoms with E-state index in [0.717, 1.165) is 30.5 Å². The van der Waals surface area contributed by atoms with Gasteiger partial charge in [-0.2, -0.15) is 0 Å². The molecule has 150 valence electrons. The van der Waals surface area contributed by atoms with Crippen molar-refractivity contribution in [2.45, 2.75) is 38.2 Å². The number of ether oxygens (including phenoxy) is 1. The van der Waals surface area contributed by atoms with Gasteiger partial charge in [0, 0.05) is 37.9 Å². The number of carbonyl (C=O) groups is 3. The third kappa shape index (κ3) is 3.39. The third-order valence-corrected chi connectivity index (χ3v) is 5.79. The van der Waals surface area contributed by atoms with Crippen LogP contribution in [0.25, 0.3) is 0 Å². The lowest BCUT2D eigenvalue weighted by molar-refractivity contribution is -0.117. The summed E-state index contributed by atoms with van der Waals surface area (Å²) < 4.78 is 5.57. The Hall–Kier alpha value is -2.77. The number of aryl methyl sites for hydroxylation is 1. The Kier molecular flexibility index (Phi) is 4.64. The number of urea groups is 1. The Bertz CT molecular complexity index is 826. The Labute approximate surface area is 164 Å². The predicted octanol–water partition coefficient (Wildman–Crippen LogP) is 2.57. The van der Waals surface area contributed by atoms with Gasteiger partial charge in [0.25, 0.3) is 0 Å². The van der Waals surface area contributed by atoms with Gasteiger partial charge >= 0.3 is 12.1 Å². The largest absolute Gasteiger partial charge is 0.439 e. The van der Waals surface area contributed by atoms with Gasteiger partial charge in [-0.25, -0.2) is 9.59 Å². The number of carbonyl (C=O) groups excluding carboxylic acids is 3. The number of anilines is 2. The van der Waals surface area contributed by atoms with Gasteiger partial charge in [-0.3, -0.25) is 4.79 Å². The third-order valence-electron chi connectivity index (χ3n) is 5.79. The van der Waals surface area contributed by atoms with Gasteiger partial charge in [0.2, 0.25) is 5.91 Å². The molecule has 0 aliphatic carbocycles. The van der Waals surface area contributed by atoms with Crippen molar-refractivity contribution in [3.63, 3.8) is 0 Å². The molecule has 4 amide bonds. The summed E-state index contributed by atoms with van der Waals surface area (Å²) in [5.74, 6) is 0.122. The molecule has 3 aliphatic heterocycles. The van der Waals surface area contributed by atoms with Crippen molar-refractivity contribution in [3.8, 4) is 0 Å². The van der Waals surface area contributed by atoms with Crippen LogP contribution in [0.3, 0.4) is 0 Å². The topological polar surface area (TPSA) is 82.2 Å². The van der Waals surface area contributed by atoms with E-state index >= 15 is 0 Å². The maximum Gasteiger partial charge on any atom is 0.410 e. The summed E-state index contributed by atoms with van der Waals surface area (Å²) in [7, 11) is 1.71. The van der Waals surface area contributed by atoms with Crippen molar-refractivity contribution in [3.05, 3.63) is 23.8 Å². The average molecular weight is 386 g/mol. The minimum Gasteiger partial charge on any atom is -0.439 e. The average Bonchev–Trinajstić information content (AvgIpc) is 3.19. The summed E-state index contributed by atoms with van der Waals surface area (Å²) in [5.41, 5.74) is 1.90. The van der Waals surface area contributed by atoms with Gasteiger partial charge in [0.1, 0.15) is 5.60 Å². The zero-order valence-corrected chi connectivity index (χ0v) is 16.4. The number of nitrogens with zero attached hydrogens (tertiary/aromatic N) is 3. The molecule has 0 aromatic heterocycles. The maximum absolute atomic E-state index is 12.8. The second-order valence-corrected chi connectivity index (χ2v) is 8.01. The fourth-order valence-electron chi connectivity index (χ4n) is 4.36. The molecule has 1 atom stereocenters. The number of amides is 4. The van der Waals surface area contributed by atoms with E-state index in [4.69, 9.17) is 4.74 Å². The molecule has 0 bridgehead atoms. The first-order chi connectivity index (χ1) is 13.4. The van der Waals surface area contributed by atoms with Gasteiger partial charge < -0.3 is 24.8 Å². The molecule has 3 fully saturated rings. The van der Waals surface area contributed by atoms with E-state index in [-0.39, 0.29) is 18.0 Å². The molecule has 1 spiro atoms. The molecule has 1 aromatic rings. The molecule has 1 N–H and O–H groups in total. The minimum absolute atomic E-state index is 0.122. The van der Waals surface area contributed by atoms with Crippen molar-refractivity contribution in [1.82, 2.24) is 9.80 Å². The van der Waals surface area contributed by atoms with Crippen LogP contribution < -0.4 is 10.2 Å². The first kappa shape index (κ1) is 18.6. The van der Waals surface area contributed by atoms with Crippen molar-refractivity contribution in [2.75, 3.05) is 43.4 Å². The minimum atomic E-state index is -0.609. The highest BCUT2D eigenvalue weighted by atomic mass is 16.6.